The van der Waals surface area contributed by atoms with Gasteiger partial charge in [-0.05, 0) is 29.8 Å². The van der Waals surface area contributed by atoms with Crippen LogP contribution < -0.4 is 5.32 Å². The molecular weight excluding hydrogens is 339 g/mol. The normalized spacial score (nSPS) is 10.4. The molecule has 2 aromatic rings. The van der Waals surface area contributed by atoms with Crippen LogP contribution in [0.15, 0.2) is 53.4 Å². The summed E-state index contributed by atoms with van der Waals surface area (Å²) in [7, 11) is 3.32. The van der Waals surface area contributed by atoms with Gasteiger partial charge in [0, 0.05) is 43.3 Å². The molecular formula is C19H21FN2O2S. The molecule has 0 atom stereocenters. The molecule has 0 aliphatic rings. The van der Waals surface area contributed by atoms with Gasteiger partial charge < -0.3 is 10.2 Å². The molecule has 4 nitrogen and oxygen atoms in total. The van der Waals surface area contributed by atoms with E-state index in [9.17, 15) is 14.0 Å². The van der Waals surface area contributed by atoms with Crippen molar-refractivity contribution in [3.63, 3.8) is 0 Å². The third-order valence-corrected chi connectivity index (χ3v) is 4.75. The number of amides is 2. The average Bonchev–Trinajstić information content (AvgIpc) is 2.63. The lowest BCUT2D eigenvalue weighted by atomic mass is 10.1. The lowest BCUT2D eigenvalue weighted by Crippen LogP contribution is -2.26. The predicted octanol–water partition coefficient (Wildman–Crippen LogP) is 3.33. The molecule has 0 saturated carbocycles. The number of carbonyl (C=O) groups is 2. The van der Waals surface area contributed by atoms with Gasteiger partial charge in [0.2, 0.25) is 5.91 Å². The van der Waals surface area contributed by atoms with E-state index < -0.39 is 0 Å². The first-order valence-electron chi connectivity index (χ1n) is 7.93. The molecule has 0 saturated heterocycles. The topological polar surface area (TPSA) is 49.4 Å². The maximum atomic E-state index is 13.5. The van der Waals surface area contributed by atoms with Gasteiger partial charge in [-0.2, -0.15) is 0 Å². The standard InChI is InChI=1S/C19H21FN2O2S/c1-21-19(24)15-9-7-14(8-10-15)13-22(2)18(23)11-12-25-17-6-4-3-5-16(17)20/h3-10H,11-13H2,1-2H3,(H,21,24). The second-order valence-electron chi connectivity index (χ2n) is 5.55. The van der Waals surface area contributed by atoms with Crippen molar-refractivity contribution in [1.29, 1.82) is 0 Å². The summed E-state index contributed by atoms with van der Waals surface area (Å²) in [5.41, 5.74) is 1.53. The Morgan fingerprint density at radius 2 is 1.80 bits per heavy atom. The van der Waals surface area contributed by atoms with Crippen LogP contribution in [0.5, 0.6) is 0 Å². The van der Waals surface area contributed by atoms with E-state index in [4.69, 9.17) is 0 Å². The Labute approximate surface area is 151 Å². The smallest absolute Gasteiger partial charge is 0.251 e. The monoisotopic (exact) mass is 360 g/mol. The first-order chi connectivity index (χ1) is 12.0. The molecule has 0 aliphatic heterocycles. The summed E-state index contributed by atoms with van der Waals surface area (Å²) in [6.07, 6.45) is 0.339. The van der Waals surface area contributed by atoms with Crippen LogP contribution in [0.2, 0.25) is 0 Å². The van der Waals surface area contributed by atoms with E-state index in [1.165, 1.54) is 17.8 Å². The summed E-state index contributed by atoms with van der Waals surface area (Å²) in [6, 6.07) is 13.7. The Kier molecular flexibility index (Phi) is 7.01. The van der Waals surface area contributed by atoms with E-state index in [-0.39, 0.29) is 17.6 Å². The molecule has 1 N–H and O–H groups in total. The molecule has 0 fully saturated rings. The maximum absolute atomic E-state index is 13.5. The fraction of sp³-hybridized carbons (Fsp3) is 0.263. The fourth-order valence-corrected chi connectivity index (χ4v) is 3.15. The van der Waals surface area contributed by atoms with Crippen molar-refractivity contribution in [2.75, 3.05) is 19.8 Å². The van der Waals surface area contributed by atoms with Crippen molar-refractivity contribution in [3.8, 4) is 0 Å². The summed E-state index contributed by atoms with van der Waals surface area (Å²) >= 11 is 1.34. The zero-order valence-electron chi connectivity index (χ0n) is 14.3. The van der Waals surface area contributed by atoms with Gasteiger partial charge in [0.25, 0.3) is 5.91 Å². The lowest BCUT2D eigenvalue weighted by Gasteiger charge is -2.17. The molecule has 2 aromatic carbocycles. The molecule has 2 rings (SSSR count). The van der Waals surface area contributed by atoms with Crippen molar-refractivity contribution in [2.24, 2.45) is 0 Å². The highest BCUT2D eigenvalue weighted by Gasteiger charge is 2.11. The van der Waals surface area contributed by atoms with Crippen LogP contribution in [0, 0.1) is 5.82 Å². The molecule has 0 unspecified atom stereocenters. The number of thioether (sulfide) groups is 1. The van der Waals surface area contributed by atoms with E-state index in [0.29, 0.717) is 29.2 Å². The lowest BCUT2D eigenvalue weighted by molar-refractivity contribution is -0.129. The number of hydrogen-bond acceptors (Lipinski definition) is 3. The van der Waals surface area contributed by atoms with Crippen LogP contribution in [0.3, 0.4) is 0 Å². The van der Waals surface area contributed by atoms with Gasteiger partial charge in [-0.25, -0.2) is 4.39 Å². The zero-order valence-corrected chi connectivity index (χ0v) is 15.1. The van der Waals surface area contributed by atoms with Gasteiger partial charge >= 0.3 is 0 Å². The fourth-order valence-electron chi connectivity index (χ4n) is 2.27. The van der Waals surface area contributed by atoms with Crippen molar-refractivity contribution in [3.05, 3.63) is 65.5 Å². The summed E-state index contributed by atoms with van der Waals surface area (Å²) < 4.78 is 13.5. The Bertz CT molecular complexity index is 734. The van der Waals surface area contributed by atoms with Crippen molar-refractivity contribution in [1.82, 2.24) is 10.2 Å². The molecule has 0 aromatic heterocycles. The number of benzene rings is 2. The van der Waals surface area contributed by atoms with E-state index in [0.717, 1.165) is 5.56 Å². The van der Waals surface area contributed by atoms with Gasteiger partial charge in [-0.3, -0.25) is 9.59 Å². The van der Waals surface area contributed by atoms with Gasteiger partial charge in [0.1, 0.15) is 5.82 Å². The highest BCUT2D eigenvalue weighted by atomic mass is 32.2. The Morgan fingerprint density at radius 1 is 1.12 bits per heavy atom. The minimum atomic E-state index is -0.260. The average molecular weight is 360 g/mol. The number of nitrogens with zero attached hydrogens (tertiary/aromatic N) is 1. The summed E-state index contributed by atoms with van der Waals surface area (Å²) in [5, 5.41) is 2.57. The predicted molar refractivity (Wildman–Crippen MR) is 98.0 cm³/mol. The Hall–Kier alpha value is -2.34. The Morgan fingerprint density at radius 3 is 2.44 bits per heavy atom. The van der Waals surface area contributed by atoms with E-state index in [1.807, 2.05) is 12.1 Å². The number of rotatable bonds is 7. The zero-order chi connectivity index (χ0) is 18.2. The summed E-state index contributed by atoms with van der Waals surface area (Å²) in [5.74, 6) is 0.129. The second kappa shape index (κ2) is 9.22. The molecule has 132 valence electrons. The first-order valence-corrected chi connectivity index (χ1v) is 8.92. The van der Waals surface area contributed by atoms with Crippen LogP contribution >= 0.6 is 11.8 Å². The van der Waals surface area contributed by atoms with E-state index in [1.54, 1.807) is 49.3 Å². The largest absolute Gasteiger partial charge is 0.355 e. The number of halogens is 1. The quantitative estimate of drug-likeness (QED) is 0.771. The molecule has 0 heterocycles. The molecule has 0 spiro atoms. The summed E-state index contributed by atoms with van der Waals surface area (Å²) in [6.45, 7) is 0.469. The van der Waals surface area contributed by atoms with E-state index >= 15 is 0 Å². The van der Waals surface area contributed by atoms with Crippen LogP contribution in [-0.4, -0.2) is 36.6 Å². The van der Waals surface area contributed by atoms with Crippen LogP contribution in [0.1, 0.15) is 22.3 Å². The molecule has 0 radical (unpaired) electrons. The summed E-state index contributed by atoms with van der Waals surface area (Å²) in [4.78, 5) is 25.9. The van der Waals surface area contributed by atoms with Crippen LogP contribution in [0.25, 0.3) is 0 Å². The minimum Gasteiger partial charge on any atom is -0.355 e. The third kappa shape index (κ3) is 5.60. The number of carbonyl (C=O) groups excluding carboxylic acids is 2. The van der Waals surface area contributed by atoms with Crippen molar-refractivity contribution >= 4 is 23.6 Å². The van der Waals surface area contributed by atoms with E-state index in [2.05, 4.69) is 5.32 Å². The third-order valence-electron chi connectivity index (χ3n) is 3.70. The number of hydrogen-bond donors (Lipinski definition) is 1. The van der Waals surface area contributed by atoms with Gasteiger partial charge in [-0.1, -0.05) is 24.3 Å². The van der Waals surface area contributed by atoms with Crippen LogP contribution in [-0.2, 0) is 11.3 Å². The molecule has 0 bridgehead atoms. The SMILES string of the molecule is CNC(=O)c1ccc(CN(C)C(=O)CCSc2ccccc2F)cc1. The van der Waals surface area contributed by atoms with Crippen LogP contribution in [0.4, 0.5) is 4.39 Å². The maximum Gasteiger partial charge on any atom is 0.251 e. The van der Waals surface area contributed by atoms with Gasteiger partial charge in [0.15, 0.2) is 0 Å². The highest BCUT2D eigenvalue weighted by Crippen LogP contribution is 2.22. The van der Waals surface area contributed by atoms with Gasteiger partial charge in [0.05, 0.1) is 0 Å². The Balaban J connectivity index is 1.81. The van der Waals surface area contributed by atoms with Gasteiger partial charge in [-0.15, -0.1) is 11.8 Å². The van der Waals surface area contributed by atoms with Crippen molar-refractivity contribution in [2.45, 2.75) is 17.9 Å². The minimum absolute atomic E-state index is 0.000725. The molecule has 0 aliphatic carbocycles. The molecule has 2 amide bonds. The number of nitrogens with one attached hydrogen (secondary N) is 1. The molecule has 6 heteroatoms. The first kappa shape index (κ1) is 19.0. The molecule has 25 heavy (non-hydrogen) atoms. The second-order valence-corrected chi connectivity index (χ2v) is 6.69. The highest BCUT2D eigenvalue weighted by molar-refractivity contribution is 7.99. The van der Waals surface area contributed by atoms with Crippen molar-refractivity contribution < 1.29 is 14.0 Å².